The molecule has 0 saturated heterocycles. The molecule has 1 aromatic heterocycles. The SMILES string of the molecule is COc1ccc2c(c1)c[n+](C)c1ccc(O)cc21. The minimum Gasteiger partial charge on any atom is -0.508 e. The highest BCUT2D eigenvalue weighted by molar-refractivity contribution is 6.04. The number of aromatic nitrogens is 1. The molecule has 3 aromatic rings. The largest absolute Gasteiger partial charge is 0.508 e. The first kappa shape index (κ1) is 10.8. The van der Waals surface area contributed by atoms with Crippen LogP contribution < -0.4 is 9.30 Å². The Morgan fingerprint density at radius 1 is 1.06 bits per heavy atom. The summed E-state index contributed by atoms with van der Waals surface area (Å²) in [5, 5.41) is 12.9. The van der Waals surface area contributed by atoms with E-state index in [1.165, 1.54) is 0 Å². The van der Waals surface area contributed by atoms with Gasteiger partial charge in [-0.25, -0.2) is 4.57 Å². The van der Waals surface area contributed by atoms with Crippen LogP contribution in [0.5, 0.6) is 11.5 Å². The number of nitrogens with zero attached hydrogens (tertiary/aromatic N) is 1. The number of aryl methyl sites for hydroxylation is 1. The Morgan fingerprint density at radius 3 is 2.67 bits per heavy atom. The lowest BCUT2D eigenvalue weighted by molar-refractivity contribution is -0.643. The molecule has 0 spiro atoms. The van der Waals surface area contributed by atoms with Crippen LogP contribution in [0.3, 0.4) is 0 Å². The van der Waals surface area contributed by atoms with Crippen LogP contribution in [0, 0.1) is 0 Å². The average molecular weight is 240 g/mol. The second kappa shape index (κ2) is 3.88. The molecule has 0 atom stereocenters. The summed E-state index contributed by atoms with van der Waals surface area (Å²) in [6.07, 6.45) is 2.07. The van der Waals surface area contributed by atoms with Gasteiger partial charge in [0.1, 0.15) is 18.5 Å². The molecule has 90 valence electrons. The second-order valence-corrected chi connectivity index (χ2v) is 4.39. The summed E-state index contributed by atoms with van der Waals surface area (Å²) < 4.78 is 7.29. The van der Waals surface area contributed by atoms with Gasteiger partial charge < -0.3 is 9.84 Å². The first-order valence-electron chi connectivity index (χ1n) is 5.78. The Morgan fingerprint density at radius 2 is 1.89 bits per heavy atom. The van der Waals surface area contributed by atoms with Crippen molar-refractivity contribution in [2.45, 2.75) is 0 Å². The van der Waals surface area contributed by atoms with E-state index in [0.717, 1.165) is 27.4 Å². The van der Waals surface area contributed by atoms with Crippen LogP contribution in [0.4, 0.5) is 0 Å². The molecule has 1 N–H and O–H groups in total. The lowest BCUT2D eigenvalue weighted by atomic mass is 10.1. The highest BCUT2D eigenvalue weighted by Gasteiger charge is 2.11. The molecular weight excluding hydrogens is 226 g/mol. The molecule has 0 aliphatic rings. The van der Waals surface area contributed by atoms with Gasteiger partial charge in [0.05, 0.1) is 17.9 Å². The number of methoxy groups -OCH3 is 1. The van der Waals surface area contributed by atoms with Gasteiger partial charge in [-0.05, 0) is 30.3 Å². The lowest BCUT2D eigenvalue weighted by Gasteiger charge is -2.05. The molecule has 18 heavy (non-hydrogen) atoms. The van der Waals surface area contributed by atoms with Gasteiger partial charge in [-0.3, -0.25) is 0 Å². The molecule has 0 fully saturated rings. The van der Waals surface area contributed by atoms with Gasteiger partial charge in [0.2, 0.25) is 5.52 Å². The maximum Gasteiger partial charge on any atom is 0.213 e. The third-order valence-corrected chi connectivity index (χ3v) is 3.24. The van der Waals surface area contributed by atoms with Crippen molar-refractivity contribution in [2.75, 3.05) is 7.11 Å². The molecule has 3 rings (SSSR count). The van der Waals surface area contributed by atoms with E-state index in [9.17, 15) is 5.11 Å². The zero-order chi connectivity index (χ0) is 12.7. The zero-order valence-corrected chi connectivity index (χ0v) is 10.3. The van der Waals surface area contributed by atoms with Crippen molar-refractivity contribution in [2.24, 2.45) is 7.05 Å². The number of aromatic hydroxyl groups is 1. The topological polar surface area (TPSA) is 33.3 Å². The van der Waals surface area contributed by atoms with Crippen LogP contribution in [0.2, 0.25) is 0 Å². The molecule has 0 aliphatic heterocycles. The lowest BCUT2D eigenvalue weighted by Crippen LogP contribution is -2.28. The Bertz CT molecular complexity index is 750. The van der Waals surface area contributed by atoms with Crippen LogP contribution in [-0.4, -0.2) is 12.2 Å². The van der Waals surface area contributed by atoms with Gasteiger partial charge in [0.15, 0.2) is 6.20 Å². The number of fused-ring (bicyclic) bond motifs is 3. The minimum atomic E-state index is 0.283. The monoisotopic (exact) mass is 240 g/mol. The van der Waals surface area contributed by atoms with Crippen molar-refractivity contribution >= 4 is 21.7 Å². The average Bonchev–Trinajstić information content (AvgIpc) is 2.38. The number of benzene rings is 2. The number of hydrogen-bond acceptors (Lipinski definition) is 2. The van der Waals surface area contributed by atoms with Crippen molar-refractivity contribution in [1.82, 2.24) is 0 Å². The van der Waals surface area contributed by atoms with E-state index >= 15 is 0 Å². The van der Waals surface area contributed by atoms with Crippen LogP contribution in [0.25, 0.3) is 21.7 Å². The highest BCUT2D eigenvalue weighted by Crippen LogP contribution is 2.28. The van der Waals surface area contributed by atoms with Gasteiger partial charge in [0, 0.05) is 11.5 Å². The predicted octanol–water partition coefficient (Wildman–Crippen LogP) is 2.53. The van der Waals surface area contributed by atoms with Crippen LogP contribution in [0.1, 0.15) is 0 Å². The molecule has 0 bridgehead atoms. The van der Waals surface area contributed by atoms with Gasteiger partial charge in [-0.2, -0.15) is 0 Å². The third-order valence-electron chi connectivity index (χ3n) is 3.24. The van der Waals surface area contributed by atoms with Gasteiger partial charge in [-0.15, -0.1) is 0 Å². The number of hydrogen-bond donors (Lipinski definition) is 1. The fourth-order valence-electron chi connectivity index (χ4n) is 2.35. The van der Waals surface area contributed by atoms with Crippen LogP contribution >= 0.6 is 0 Å². The molecule has 0 aliphatic carbocycles. The van der Waals surface area contributed by atoms with E-state index in [0.29, 0.717) is 0 Å². The number of phenolic OH excluding ortho intramolecular Hbond substituents is 1. The maximum atomic E-state index is 9.65. The molecule has 0 unspecified atom stereocenters. The zero-order valence-electron chi connectivity index (χ0n) is 10.3. The molecule has 0 radical (unpaired) electrons. The van der Waals surface area contributed by atoms with Crippen molar-refractivity contribution in [3.05, 3.63) is 42.6 Å². The van der Waals surface area contributed by atoms with Crippen molar-refractivity contribution < 1.29 is 14.4 Å². The second-order valence-electron chi connectivity index (χ2n) is 4.39. The van der Waals surface area contributed by atoms with Gasteiger partial charge in [0.25, 0.3) is 0 Å². The standard InChI is InChI=1S/C15H13NO2/c1-16-9-10-7-12(18-2)4-5-13(10)14-8-11(17)3-6-15(14)16/h3-9H,1-2H3/p+1. The summed E-state index contributed by atoms with van der Waals surface area (Å²) in [5.74, 6) is 1.12. The number of phenols is 1. The van der Waals surface area contributed by atoms with E-state index in [-0.39, 0.29) is 5.75 Å². The molecule has 0 amide bonds. The first-order chi connectivity index (χ1) is 8.69. The normalized spacial score (nSPS) is 11.0. The maximum absolute atomic E-state index is 9.65. The van der Waals surface area contributed by atoms with E-state index in [2.05, 4.69) is 10.8 Å². The smallest absolute Gasteiger partial charge is 0.213 e. The van der Waals surface area contributed by atoms with Crippen molar-refractivity contribution in [3.8, 4) is 11.5 Å². The Hall–Kier alpha value is -2.29. The van der Waals surface area contributed by atoms with Crippen LogP contribution in [0.15, 0.2) is 42.6 Å². The fourth-order valence-corrected chi connectivity index (χ4v) is 2.35. The molecule has 1 heterocycles. The minimum absolute atomic E-state index is 0.283. The number of ether oxygens (including phenoxy) is 1. The molecule has 2 aromatic carbocycles. The highest BCUT2D eigenvalue weighted by atomic mass is 16.5. The number of pyridine rings is 1. The summed E-state index contributed by atoms with van der Waals surface area (Å²) >= 11 is 0. The van der Waals surface area contributed by atoms with E-state index in [1.54, 1.807) is 19.2 Å². The third kappa shape index (κ3) is 1.56. The molecular formula is C15H14NO2+. The summed E-state index contributed by atoms with van der Waals surface area (Å²) in [4.78, 5) is 0. The molecule has 0 saturated carbocycles. The quantitative estimate of drug-likeness (QED) is 0.524. The summed E-state index contributed by atoms with van der Waals surface area (Å²) in [7, 11) is 3.66. The van der Waals surface area contributed by atoms with Crippen molar-refractivity contribution in [3.63, 3.8) is 0 Å². The Kier molecular flexibility index (Phi) is 2.33. The van der Waals surface area contributed by atoms with E-state index in [4.69, 9.17) is 4.74 Å². The van der Waals surface area contributed by atoms with Gasteiger partial charge in [-0.1, -0.05) is 0 Å². The van der Waals surface area contributed by atoms with E-state index in [1.807, 2.05) is 31.3 Å². The Balaban J connectivity index is 2.48. The molecule has 3 nitrogen and oxygen atoms in total. The van der Waals surface area contributed by atoms with Crippen molar-refractivity contribution in [1.29, 1.82) is 0 Å². The van der Waals surface area contributed by atoms with Gasteiger partial charge >= 0.3 is 0 Å². The Labute approximate surface area is 105 Å². The first-order valence-corrected chi connectivity index (χ1v) is 5.78. The van der Waals surface area contributed by atoms with Crippen LogP contribution in [-0.2, 0) is 7.05 Å². The summed E-state index contributed by atoms with van der Waals surface area (Å²) in [6.45, 7) is 0. The summed E-state index contributed by atoms with van der Waals surface area (Å²) in [6, 6.07) is 11.4. The summed E-state index contributed by atoms with van der Waals surface area (Å²) in [5.41, 5.74) is 1.09. The van der Waals surface area contributed by atoms with E-state index < -0.39 is 0 Å². The fraction of sp³-hybridized carbons (Fsp3) is 0.133. The number of rotatable bonds is 1. The predicted molar refractivity (Wildman–Crippen MR) is 70.8 cm³/mol. The molecule has 3 heteroatoms.